The van der Waals surface area contributed by atoms with E-state index in [0.717, 1.165) is 6.42 Å². The van der Waals surface area contributed by atoms with Gasteiger partial charge in [0.2, 0.25) is 11.8 Å². The Hall–Kier alpha value is -1.85. The third kappa shape index (κ3) is 2.88. The highest BCUT2D eigenvalue weighted by Gasteiger charge is 2.29. The maximum atomic E-state index is 12.3. The molecule has 1 aromatic heterocycles. The average molecular weight is 251 g/mol. The SMILES string of the molecule is CCCC1NC(=O)CCN(Cc2ccno2)C1=O. The highest BCUT2D eigenvalue weighted by Crippen LogP contribution is 2.12. The first-order valence-electron chi connectivity index (χ1n) is 6.18. The van der Waals surface area contributed by atoms with Crippen molar-refractivity contribution >= 4 is 11.8 Å². The van der Waals surface area contributed by atoms with Crippen LogP contribution in [0.3, 0.4) is 0 Å². The van der Waals surface area contributed by atoms with E-state index < -0.39 is 6.04 Å². The second kappa shape index (κ2) is 5.66. The van der Waals surface area contributed by atoms with Gasteiger partial charge in [-0.1, -0.05) is 18.5 Å². The van der Waals surface area contributed by atoms with Crippen LogP contribution in [0, 0.1) is 0 Å². The Balaban J connectivity index is 2.08. The predicted octanol–water partition coefficient (Wildman–Crippen LogP) is 0.692. The lowest BCUT2D eigenvalue weighted by Gasteiger charge is -2.22. The van der Waals surface area contributed by atoms with Crippen molar-refractivity contribution in [2.45, 2.75) is 38.8 Å². The van der Waals surface area contributed by atoms with Crippen molar-refractivity contribution in [2.24, 2.45) is 0 Å². The van der Waals surface area contributed by atoms with E-state index in [9.17, 15) is 9.59 Å². The van der Waals surface area contributed by atoms with E-state index in [1.165, 1.54) is 0 Å². The molecule has 2 amide bonds. The molecule has 0 saturated carbocycles. The number of rotatable bonds is 4. The number of hydrogen-bond acceptors (Lipinski definition) is 4. The van der Waals surface area contributed by atoms with Crippen molar-refractivity contribution in [2.75, 3.05) is 6.54 Å². The van der Waals surface area contributed by atoms with Crippen molar-refractivity contribution < 1.29 is 14.1 Å². The zero-order chi connectivity index (χ0) is 13.0. The Morgan fingerprint density at radius 1 is 1.56 bits per heavy atom. The van der Waals surface area contributed by atoms with E-state index in [1.807, 2.05) is 6.92 Å². The highest BCUT2D eigenvalue weighted by molar-refractivity contribution is 5.89. The highest BCUT2D eigenvalue weighted by atomic mass is 16.5. The molecule has 6 nitrogen and oxygen atoms in total. The Morgan fingerprint density at radius 3 is 3.06 bits per heavy atom. The van der Waals surface area contributed by atoms with Crippen LogP contribution in [0.4, 0.5) is 0 Å². The minimum atomic E-state index is -0.409. The number of carbonyl (C=O) groups excluding carboxylic acids is 2. The van der Waals surface area contributed by atoms with E-state index in [0.29, 0.717) is 31.7 Å². The number of nitrogens with one attached hydrogen (secondary N) is 1. The summed E-state index contributed by atoms with van der Waals surface area (Å²) in [4.78, 5) is 25.4. The molecule has 1 saturated heterocycles. The minimum absolute atomic E-state index is 0.0425. The Labute approximate surface area is 105 Å². The fourth-order valence-electron chi connectivity index (χ4n) is 2.05. The van der Waals surface area contributed by atoms with Crippen molar-refractivity contribution in [1.29, 1.82) is 0 Å². The first kappa shape index (κ1) is 12.6. The lowest BCUT2D eigenvalue weighted by Crippen LogP contribution is -2.44. The lowest BCUT2D eigenvalue weighted by molar-refractivity contribution is -0.134. The van der Waals surface area contributed by atoms with Crippen LogP contribution < -0.4 is 5.32 Å². The molecular formula is C12H17N3O3. The number of aromatic nitrogens is 1. The van der Waals surface area contributed by atoms with Crippen molar-refractivity contribution in [3.8, 4) is 0 Å². The van der Waals surface area contributed by atoms with Gasteiger partial charge in [0, 0.05) is 19.0 Å². The fourth-order valence-corrected chi connectivity index (χ4v) is 2.05. The van der Waals surface area contributed by atoms with E-state index in [-0.39, 0.29) is 11.8 Å². The number of amides is 2. The molecule has 0 spiro atoms. The summed E-state index contributed by atoms with van der Waals surface area (Å²) < 4.78 is 5.00. The molecule has 1 aliphatic heterocycles. The standard InChI is InChI=1S/C12H17N3O3/c1-2-3-10-12(17)15(7-5-11(16)14-10)8-9-4-6-13-18-9/h4,6,10H,2-3,5,7-8H2,1H3,(H,14,16). The smallest absolute Gasteiger partial charge is 0.245 e. The quantitative estimate of drug-likeness (QED) is 0.854. The molecule has 0 aromatic carbocycles. The summed E-state index contributed by atoms with van der Waals surface area (Å²) in [6, 6.07) is 1.32. The van der Waals surface area contributed by atoms with E-state index >= 15 is 0 Å². The van der Waals surface area contributed by atoms with Gasteiger partial charge in [0.1, 0.15) is 6.04 Å². The maximum Gasteiger partial charge on any atom is 0.245 e. The molecule has 1 fully saturated rings. The summed E-state index contributed by atoms with van der Waals surface area (Å²) in [6.45, 7) is 2.78. The summed E-state index contributed by atoms with van der Waals surface area (Å²) in [7, 11) is 0. The van der Waals surface area contributed by atoms with Gasteiger partial charge in [-0.05, 0) is 6.42 Å². The van der Waals surface area contributed by atoms with Crippen LogP contribution in [0.2, 0.25) is 0 Å². The molecule has 1 aromatic rings. The maximum absolute atomic E-state index is 12.3. The number of nitrogens with zero attached hydrogens (tertiary/aromatic N) is 2. The monoisotopic (exact) mass is 251 g/mol. The first-order valence-corrected chi connectivity index (χ1v) is 6.18. The summed E-state index contributed by atoms with van der Waals surface area (Å²) in [5.74, 6) is 0.522. The largest absolute Gasteiger partial charge is 0.360 e. The molecule has 6 heteroatoms. The Bertz CT molecular complexity index is 416. The number of carbonyl (C=O) groups is 2. The average Bonchev–Trinajstić information content (AvgIpc) is 2.81. The topological polar surface area (TPSA) is 75.4 Å². The van der Waals surface area contributed by atoms with Crippen LogP contribution in [-0.2, 0) is 16.1 Å². The summed E-state index contributed by atoms with van der Waals surface area (Å²) in [5.41, 5.74) is 0. The van der Waals surface area contributed by atoms with Crippen LogP contribution in [0.15, 0.2) is 16.8 Å². The van der Waals surface area contributed by atoms with Crippen LogP contribution >= 0.6 is 0 Å². The zero-order valence-electron chi connectivity index (χ0n) is 10.4. The molecule has 1 N–H and O–H groups in total. The van der Waals surface area contributed by atoms with Gasteiger partial charge < -0.3 is 14.7 Å². The van der Waals surface area contributed by atoms with Gasteiger partial charge in [-0.15, -0.1) is 0 Å². The van der Waals surface area contributed by atoms with Crippen LogP contribution in [0.5, 0.6) is 0 Å². The molecule has 1 aliphatic rings. The normalized spacial score (nSPS) is 20.7. The summed E-state index contributed by atoms with van der Waals surface area (Å²) in [6.07, 6.45) is 3.40. The lowest BCUT2D eigenvalue weighted by atomic mass is 10.1. The summed E-state index contributed by atoms with van der Waals surface area (Å²) in [5, 5.41) is 6.37. The van der Waals surface area contributed by atoms with E-state index in [4.69, 9.17) is 4.52 Å². The zero-order valence-corrected chi connectivity index (χ0v) is 10.4. The van der Waals surface area contributed by atoms with Gasteiger partial charge in [0.05, 0.1) is 12.7 Å². The second-order valence-corrected chi connectivity index (χ2v) is 4.40. The summed E-state index contributed by atoms with van der Waals surface area (Å²) >= 11 is 0. The van der Waals surface area contributed by atoms with Crippen molar-refractivity contribution in [3.63, 3.8) is 0 Å². The van der Waals surface area contributed by atoms with Gasteiger partial charge in [0.25, 0.3) is 0 Å². The van der Waals surface area contributed by atoms with Crippen LogP contribution in [0.25, 0.3) is 0 Å². The molecule has 2 rings (SSSR count). The molecule has 18 heavy (non-hydrogen) atoms. The second-order valence-electron chi connectivity index (χ2n) is 4.40. The van der Waals surface area contributed by atoms with Gasteiger partial charge in [-0.2, -0.15) is 0 Å². The van der Waals surface area contributed by atoms with Gasteiger partial charge in [0.15, 0.2) is 5.76 Å². The third-order valence-electron chi connectivity index (χ3n) is 2.97. The fraction of sp³-hybridized carbons (Fsp3) is 0.583. The minimum Gasteiger partial charge on any atom is -0.360 e. The van der Waals surface area contributed by atoms with Crippen LogP contribution in [-0.4, -0.2) is 34.5 Å². The molecule has 1 atom stereocenters. The van der Waals surface area contributed by atoms with Gasteiger partial charge >= 0.3 is 0 Å². The van der Waals surface area contributed by atoms with Gasteiger partial charge in [-0.3, -0.25) is 9.59 Å². The molecular weight excluding hydrogens is 234 g/mol. The molecule has 98 valence electrons. The van der Waals surface area contributed by atoms with Crippen molar-refractivity contribution in [1.82, 2.24) is 15.4 Å². The van der Waals surface area contributed by atoms with E-state index in [1.54, 1.807) is 17.2 Å². The first-order chi connectivity index (χ1) is 8.70. The molecule has 0 radical (unpaired) electrons. The van der Waals surface area contributed by atoms with Crippen LogP contribution in [0.1, 0.15) is 31.9 Å². The van der Waals surface area contributed by atoms with Crippen molar-refractivity contribution in [3.05, 3.63) is 18.0 Å². The molecule has 1 unspecified atom stereocenters. The number of hydrogen-bond donors (Lipinski definition) is 1. The molecule has 0 aliphatic carbocycles. The van der Waals surface area contributed by atoms with Gasteiger partial charge in [-0.25, -0.2) is 0 Å². The Kier molecular flexibility index (Phi) is 3.96. The molecule has 2 heterocycles. The van der Waals surface area contributed by atoms with E-state index in [2.05, 4.69) is 10.5 Å². The predicted molar refractivity (Wildman–Crippen MR) is 63.4 cm³/mol. The molecule has 0 bridgehead atoms. The third-order valence-corrected chi connectivity index (χ3v) is 2.97. The Morgan fingerprint density at radius 2 is 2.39 bits per heavy atom.